The number of aromatic nitrogens is 4. The highest BCUT2D eigenvalue weighted by atomic mass is 16.1. The summed E-state index contributed by atoms with van der Waals surface area (Å²) in [6.07, 6.45) is 2.62. The zero-order valence-electron chi connectivity index (χ0n) is 12.6. The van der Waals surface area contributed by atoms with E-state index in [9.17, 15) is 4.79 Å². The van der Waals surface area contributed by atoms with E-state index < -0.39 is 0 Å². The Morgan fingerprint density at radius 3 is 2.86 bits per heavy atom. The molecule has 3 aromatic rings. The maximum atomic E-state index is 12.1. The van der Waals surface area contributed by atoms with Crippen LogP contribution >= 0.6 is 0 Å². The van der Waals surface area contributed by atoms with Gasteiger partial charge in [-0.2, -0.15) is 5.10 Å². The van der Waals surface area contributed by atoms with Crippen LogP contribution in [0.3, 0.4) is 0 Å². The van der Waals surface area contributed by atoms with E-state index in [1.54, 1.807) is 16.8 Å². The molecule has 6 nitrogen and oxygen atoms in total. The van der Waals surface area contributed by atoms with Crippen molar-refractivity contribution in [3.8, 4) is 11.4 Å². The second-order valence-corrected chi connectivity index (χ2v) is 5.05. The summed E-state index contributed by atoms with van der Waals surface area (Å²) < 4.78 is 1.72. The van der Waals surface area contributed by atoms with Crippen LogP contribution in [0.15, 0.2) is 36.5 Å². The first kappa shape index (κ1) is 14.2. The molecular weight excluding hydrogens is 278 g/mol. The Hall–Kier alpha value is -2.76. The standard InChI is InChI=1S/C16H17N5O/c1-3-7-18-16(22)14-9-11(2)21-15(19-14)10-13(20-21)12-6-4-5-8-17-12/h4-6,8-10H,3,7H2,1-2H3,(H,18,22). The summed E-state index contributed by atoms with van der Waals surface area (Å²) in [6, 6.07) is 9.25. The number of rotatable bonds is 4. The highest BCUT2D eigenvalue weighted by molar-refractivity contribution is 5.92. The van der Waals surface area contributed by atoms with Crippen molar-refractivity contribution >= 4 is 11.6 Å². The molecule has 0 aliphatic heterocycles. The zero-order valence-corrected chi connectivity index (χ0v) is 12.6. The van der Waals surface area contributed by atoms with Gasteiger partial charge in [-0.15, -0.1) is 0 Å². The van der Waals surface area contributed by atoms with Crippen LogP contribution in [0.5, 0.6) is 0 Å². The Kier molecular flexibility index (Phi) is 3.82. The van der Waals surface area contributed by atoms with Crippen molar-refractivity contribution in [1.82, 2.24) is 24.9 Å². The fourth-order valence-electron chi connectivity index (χ4n) is 2.21. The van der Waals surface area contributed by atoms with Crippen molar-refractivity contribution in [2.24, 2.45) is 0 Å². The summed E-state index contributed by atoms with van der Waals surface area (Å²) in [7, 11) is 0. The first-order valence-electron chi connectivity index (χ1n) is 7.26. The molecule has 0 bridgehead atoms. The molecule has 0 atom stereocenters. The Balaban J connectivity index is 2.02. The lowest BCUT2D eigenvalue weighted by molar-refractivity contribution is 0.0948. The molecule has 0 saturated heterocycles. The first-order valence-corrected chi connectivity index (χ1v) is 7.26. The van der Waals surface area contributed by atoms with E-state index in [2.05, 4.69) is 20.4 Å². The number of nitrogens with zero attached hydrogens (tertiary/aromatic N) is 4. The van der Waals surface area contributed by atoms with Crippen molar-refractivity contribution < 1.29 is 4.79 Å². The summed E-state index contributed by atoms with van der Waals surface area (Å²) in [5.41, 5.74) is 3.42. The lowest BCUT2D eigenvalue weighted by atomic mass is 10.3. The second-order valence-electron chi connectivity index (χ2n) is 5.05. The van der Waals surface area contributed by atoms with E-state index in [1.807, 2.05) is 38.1 Å². The smallest absolute Gasteiger partial charge is 0.270 e. The highest BCUT2D eigenvalue weighted by Gasteiger charge is 2.13. The minimum atomic E-state index is -0.159. The minimum Gasteiger partial charge on any atom is -0.351 e. The third-order valence-electron chi connectivity index (χ3n) is 3.30. The predicted molar refractivity (Wildman–Crippen MR) is 83.6 cm³/mol. The Bertz CT molecular complexity index is 810. The van der Waals surface area contributed by atoms with Gasteiger partial charge in [-0.05, 0) is 31.5 Å². The number of fused-ring (bicyclic) bond motifs is 1. The van der Waals surface area contributed by atoms with E-state index in [1.165, 1.54) is 0 Å². The van der Waals surface area contributed by atoms with E-state index in [0.29, 0.717) is 17.9 Å². The molecule has 0 fully saturated rings. The Labute approximate surface area is 128 Å². The lowest BCUT2D eigenvalue weighted by Gasteiger charge is -2.05. The fraction of sp³-hybridized carbons (Fsp3) is 0.250. The van der Waals surface area contributed by atoms with Crippen molar-refractivity contribution in [2.75, 3.05) is 6.54 Å². The van der Waals surface area contributed by atoms with Gasteiger partial charge in [0.2, 0.25) is 0 Å². The second kappa shape index (κ2) is 5.93. The molecule has 0 radical (unpaired) electrons. The molecule has 1 N–H and O–H groups in total. The number of hydrogen-bond donors (Lipinski definition) is 1. The maximum Gasteiger partial charge on any atom is 0.270 e. The molecule has 0 unspecified atom stereocenters. The summed E-state index contributed by atoms with van der Waals surface area (Å²) in [5.74, 6) is -0.159. The van der Waals surface area contributed by atoms with Crippen LogP contribution in [-0.4, -0.2) is 32.0 Å². The van der Waals surface area contributed by atoms with Gasteiger partial charge in [-0.25, -0.2) is 9.50 Å². The third kappa shape index (κ3) is 2.67. The maximum absolute atomic E-state index is 12.1. The van der Waals surface area contributed by atoms with E-state index in [4.69, 9.17) is 0 Å². The first-order chi connectivity index (χ1) is 10.7. The molecule has 3 rings (SSSR count). The Morgan fingerprint density at radius 2 is 2.14 bits per heavy atom. The number of hydrogen-bond acceptors (Lipinski definition) is 4. The third-order valence-corrected chi connectivity index (χ3v) is 3.30. The number of pyridine rings is 1. The molecule has 0 aliphatic carbocycles. The predicted octanol–water partition coefficient (Wildman–Crippen LogP) is 2.24. The van der Waals surface area contributed by atoms with E-state index >= 15 is 0 Å². The largest absolute Gasteiger partial charge is 0.351 e. The summed E-state index contributed by atoms with van der Waals surface area (Å²) in [6.45, 7) is 4.56. The molecule has 0 spiro atoms. The van der Waals surface area contributed by atoms with Crippen LogP contribution in [0, 0.1) is 6.92 Å². The van der Waals surface area contributed by atoms with E-state index in [0.717, 1.165) is 23.5 Å². The molecule has 22 heavy (non-hydrogen) atoms. The van der Waals surface area contributed by atoms with Gasteiger partial charge < -0.3 is 5.32 Å². The minimum absolute atomic E-state index is 0.159. The van der Waals surface area contributed by atoms with Crippen LogP contribution in [0.2, 0.25) is 0 Å². The topological polar surface area (TPSA) is 72.2 Å². The molecule has 0 aliphatic rings. The van der Waals surface area contributed by atoms with Crippen LogP contribution in [0.4, 0.5) is 0 Å². The van der Waals surface area contributed by atoms with Crippen LogP contribution in [0.1, 0.15) is 29.5 Å². The van der Waals surface area contributed by atoms with Gasteiger partial charge in [0, 0.05) is 24.5 Å². The van der Waals surface area contributed by atoms with Crippen molar-refractivity contribution in [3.05, 3.63) is 47.9 Å². The highest BCUT2D eigenvalue weighted by Crippen LogP contribution is 2.17. The van der Waals surface area contributed by atoms with Crippen molar-refractivity contribution in [3.63, 3.8) is 0 Å². The van der Waals surface area contributed by atoms with Crippen LogP contribution in [0.25, 0.3) is 17.0 Å². The van der Waals surface area contributed by atoms with E-state index in [-0.39, 0.29) is 5.91 Å². The Morgan fingerprint density at radius 1 is 1.27 bits per heavy atom. The molecular formula is C16H17N5O. The molecule has 6 heteroatoms. The van der Waals surface area contributed by atoms with Gasteiger partial charge in [0.1, 0.15) is 11.4 Å². The number of aryl methyl sites for hydroxylation is 1. The SMILES string of the molecule is CCCNC(=O)c1cc(C)n2nc(-c3ccccn3)cc2n1. The molecule has 0 aromatic carbocycles. The lowest BCUT2D eigenvalue weighted by Crippen LogP contribution is -2.25. The van der Waals surface area contributed by atoms with Crippen LogP contribution in [-0.2, 0) is 0 Å². The monoisotopic (exact) mass is 295 g/mol. The van der Waals surface area contributed by atoms with Crippen molar-refractivity contribution in [2.45, 2.75) is 20.3 Å². The van der Waals surface area contributed by atoms with Crippen molar-refractivity contribution in [1.29, 1.82) is 0 Å². The number of carbonyl (C=O) groups excluding carboxylic acids is 1. The van der Waals surface area contributed by atoms with Gasteiger partial charge in [-0.1, -0.05) is 13.0 Å². The zero-order chi connectivity index (χ0) is 15.5. The van der Waals surface area contributed by atoms with Gasteiger partial charge in [0.05, 0.1) is 5.69 Å². The fourth-order valence-corrected chi connectivity index (χ4v) is 2.21. The number of carbonyl (C=O) groups is 1. The summed E-state index contributed by atoms with van der Waals surface area (Å²) in [5, 5.41) is 7.34. The van der Waals surface area contributed by atoms with Crippen LogP contribution < -0.4 is 5.32 Å². The van der Waals surface area contributed by atoms with Gasteiger partial charge in [-0.3, -0.25) is 9.78 Å². The molecule has 3 heterocycles. The number of nitrogens with one attached hydrogen (secondary N) is 1. The molecule has 3 aromatic heterocycles. The van der Waals surface area contributed by atoms with Gasteiger partial charge in [0.15, 0.2) is 5.65 Å². The molecule has 112 valence electrons. The molecule has 0 saturated carbocycles. The average molecular weight is 295 g/mol. The summed E-state index contributed by atoms with van der Waals surface area (Å²) in [4.78, 5) is 20.7. The van der Waals surface area contributed by atoms with Gasteiger partial charge >= 0.3 is 0 Å². The van der Waals surface area contributed by atoms with Gasteiger partial charge in [0.25, 0.3) is 5.91 Å². The number of amides is 1. The normalized spacial score (nSPS) is 10.8. The average Bonchev–Trinajstić information content (AvgIpc) is 2.98. The summed E-state index contributed by atoms with van der Waals surface area (Å²) >= 11 is 0. The molecule has 1 amide bonds. The quantitative estimate of drug-likeness (QED) is 0.801.